The van der Waals surface area contributed by atoms with E-state index in [0.29, 0.717) is 5.15 Å². The molecule has 0 aliphatic rings. The van der Waals surface area contributed by atoms with Gasteiger partial charge in [0.15, 0.2) is 0 Å². The number of benzene rings is 1. The first-order chi connectivity index (χ1) is 8.36. The highest BCUT2D eigenvalue weighted by Crippen LogP contribution is 2.25. The van der Waals surface area contributed by atoms with Crippen molar-refractivity contribution in [1.29, 1.82) is 0 Å². The van der Waals surface area contributed by atoms with E-state index in [9.17, 15) is 0 Å². The second-order valence-electron chi connectivity index (χ2n) is 5.52. The lowest BCUT2D eigenvalue weighted by molar-refractivity contribution is 0.546. The molecule has 0 fully saturated rings. The number of aryl methyl sites for hydroxylation is 1. The van der Waals surface area contributed by atoms with Crippen LogP contribution in [0.5, 0.6) is 0 Å². The molecule has 94 valence electrons. The van der Waals surface area contributed by atoms with Gasteiger partial charge in [-0.2, -0.15) is 0 Å². The second-order valence-corrected chi connectivity index (χ2v) is 5.90. The molecular formula is C15H17ClN2. The molecule has 0 atom stereocenters. The smallest absolute Gasteiger partial charge is 0.136 e. The molecule has 1 aromatic carbocycles. The minimum absolute atomic E-state index is 0.107. The molecular weight excluding hydrogens is 244 g/mol. The molecule has 0 amide bonds. The van der Waals surface area contributed by atoms with Crippen molar-refractivity contribution in [3.8, 4) is 11.3 Å². The van der Waals surface area contributed by atoms with Gasteiger partial charge in [-0.3, -0.25) is 0 Å². The van der Waals surface area contributed by atoms with Gasteiger partial charge in [-0.1, -0.05) is 62.2 Å². The average molecular weight is 261 g/mol. The number of hydrogen-bond donors (Lipinski definition) is 0. The Kier molecular flexibility index (Phi) is 3.40. The van der Waals surface area contributed by atoms with Crippen LogP contribution in [-0.2, 0) is 5.41 Å². The molecule has 1 aromatic heterocycles. The van der Waals surface area contributed by atoms with E-state index in [1.54, 1.807) is 0 Å². The quantitative estimate of drug-likeness (QED) is 0.710. The first-order valence-corrected chi connectivity index (χ1v) is 6.36. The molecule has 0 spiro atoms. The Balaban J connectivity index is 2.52. The van der Waals surface area contributed by atoms with Crippen molar-refractivity contribution < 1.29 is 0 Å². The van der Waals surface area contributed by atoms with E-state index >= 15 is 0 Å². The van der Waals surface area contributed by atoms with E-state index in [1.165, 1.54) is 5.56 Å². The Morgan fingerprint density at radius 1 is 1.00 bits per heavy atom. The minimum Gasteiger partial charge on any atom is -0.232 e. The Morgan fingerprint density at radius 2 is 1.61 bits per heavy atom. The number of aromatic nitrogens is 2. The fourth-order valence-electron chi connectivity index (χ4n) is 1.63. The van der Waals surface area contributed by atoms with Crippen LogP contribution >= 0.6 is 11.6 Å². The molecule has 0 N–H and O–H groups in total. The van der Waals surface area contributed by atoms with E-state index in [0.717, 1.165) is 17.1 Å². The Labute approximate surface area is 113 Å². The van der Waals surface area contributed by atoms with Crippen molar-refractivity contribution in [2.45, 2.75) is 33.1 Å². The second kappa shape index (κ2) is 4.69. The lowest BCUT2D eigenvalue weighted by atomic mass is 9.95. The normalized spacial score (nSPS) is 11.6. The Morgan fingerprint density at radius 3 is 2.17 bits per heavy atom. The van der Waals surface area contributed by atoms with Gasteiger partial charge in [0.2, 0.25) is 0 Å². The molecule has 0 saturated heterocycles. The fraction of sp³-hybridized carbons (Fsp3) is 0.333. The van der Waals surface area contributed by atoms with Crippen LogP contribution in [0.15, 0.2) is 30.3 Å². The summed E-state index contributed by atoms with van der Waals surface area (Å²) in [4.78, 5) is 8.91. The van der Waals surface area contributed by atoms with Crippen molar-refractivity contribution in [3.05, 3.63) is 46.9 Å². The summed E-state index contributed by atoms with van der Waals surface area (Å²) in [6.45, 7) is 8.31. The van der Waals surface area contributed by atoms with Crippen LogP contribution in [0.1, 0.15) is 32.2 Å². The largest absolute Gasteiger partial charge is 0.232 e. The highest BCUT2D eigenvalue weighted by molar-refractivity contribution is 6.29. The van der Waals surface area contributed by atoms with Gasteiger partial charge in [0.1, 0.15) is 11.0 Å². The third-order valence-electron chi connectivity index (χ3n) is 2.71. The number of hydrogen-bond acceptors (Lipinski definition) is 2. The van der Waals surface area contributed by atoms with Crippen molar-refractivity contribution in [2.75, 3.05) is 0 Å². The molecule has 2 nitrogen and oxygen atoms in total. The Hall–Kier alpha value is -1.41. The predicted molar refractivity (Wildman–Crippen MR) is 75.9 cm³/mol. The van der Waals surface area contributed by atoms with Gasteiger partial charge in [0, 0.05) is 17.0 Å². The highest BCUT2D eigenvalue weighted by Gasteiger charge is 2.19. The van der Waals surface area contributed by atoms with Crippen molar-refractivity contribution in [2.24, 2.45) is 0 Å². The van der Waals surface area contributed by atoms with Crippen molar-refractivity contribution >= 4 is 11.6 Å². The van der Waals surface area contributed by atoms with Gasteiger partial charge >= 0.3 is 0 Å². The highest BCUT2D eigenvalue weighted by atomic mass is 35.5. The number of nitrogens with zero attached hydrogens (tertiary/aromatic N) is 2. The fourth-order valence-corrected chi connectivity index (χ4v) is 1.81. The van der Waals surface area contributed by atoms with Gasteiger partial charge in [-0.05, 0) is 6.92 Å². The van der Waals surface area contributed by atoms with Crippen LogP contribution in [0.25, 0.3) is 11.3 Å². The molecule has 3 heteroatoms. The molecule has 2 aromatic rings. The van der Waals surface area contributed by atoms with E-state index in [1.807, 2.05) is 6.07 Å². The first kappa shape index (κ1) is 13.0. The van der Waals surface area contributed by atoms with Crippen LogP contribution in [0.4, 0.5) is 0 Å². The standard InChI is InChI=1S/C15H17ClN2/c1-10-5-7-11(8-6-10)12-9-13(16)18-14(17-12)15(2,3)4/h5-9H,1-4H3. The van der Waals surface area contributed by atoms with Crippen LogP contribution in [0.2, 0.25) is 5.15 Å². The zero-order chi connectivity index (χ0) is 13.3. The summed E-state index contributed by atoms with van der Waals surface area (Å²) in [5.74, 6) is 0.769. The maximum Gasteiger partial charge on any atom is 0.136 e. The summed E-state index contributed by atoms with van der Waals surface area (Å²) >= 11 is 6.09. The molecule has 0 aliphatic carbocycles. The summed E-state index contributed by atoms with van der Waals surface area (Å²) in [7, 11) is 0. The van der Waals surface area contributed by atoms with E-state index < -0.39 is 0 Å². The summed E-state index contributed by atoms with van der Waals surface area (Å²) in [6.07, 6.45) is 0. The summed E-state index contributed by atoms with van der Waals surface area (Å²) in [6, 6.07) is 10.1. The van der Waals surface area contributed by atoms with Crippen LogP contribution < -0.4 is 0 Å². The van der Waals surface area contributed by atoms with Crippen LogP contribution in [-0.4, -0.2) is 9.97 Å². The van der Waals surface area contributed by atoms with E-state index in [2.05, 4.69) is 61.9 Å². The Bertz CT molecular complexity index is 554. The molecule has 0 aliphatic heterocycles. The number of rotatable bonds is 1. The van der Waals surface area contributed by atoms with Crippen LogP contribution in [0.3, 0.4) is 0 Å². The van der Waals surface area contributed by atoms with E-state index in [4.69, 9.17) is 11.6 Å². The van der Waals surface area contributed by atoms with E-state index in [-0.39, 0.29) is 5.41 Å². The molecule has 18 heavy (non-hydrogen) atoms. The maximum atomic E-state index is 6.09. The molecule has 2 rings (SSSR count). The van der Waals surface area contributed by atoms with Gasteiger partial charge in [-0.25, -0.2) is 9.97 Å². The molecule has 0 radical (unpaired) electrons. The lowest BCUT2D eigenvalue weighted by Crippen LogP contribution is -2.16. The SMILES string of the molecule is Cc1ccc(-c2cc(Cl)nc(C(C)(C)C)n2)cc1. The molecule has 1 heterocycles. The monoisotopic (exact) mass is 260 g/mol. The molecule has 0 unspecified atom stereocenters. The van der Waals surface area contributed by atoms with Crippen molar-refractivity contribution in [3.63, 3.8) is 0 Å². The van der Waals surface area contributed by atoms with Crippen molar-refractivity contribution in [1.82, 2.24) is 9.97 Å². The molecule has 0 saturated carbocycles. The molecule has 0 bridgehead atoms. The zero-order valence-corrected chi connectivity index (χ0v) is 11.9. The summed E-state index contributed by atoms with van der Waals surface area (Å²) in [5.41, 5.74) is 3.06. The summed E-state index contributed by atoms with van der Waals surface area (Å²) < 4.78 is 0. The topological polar surface area (TPSA) is 25.8 Å². The average Bonchev–Trinajstić information content (AvgIpc) is 2.28. The third kappa shape index (κ3) is 2.88. The minimum atomic E-state index is -0.107. The first-order valence-electron chi connectivity index (χ1n) is 5.98. The van der Waals surface area contributed by atoms with Gasteiger partial charge < -0.3 is 0 Å². The van der Waals surface area contributed by atoms with Crippen LogP contribution in [0, 0.1) is 6.92 Å². The predicted octanol–water partition coefficient (Wildman–Crippen LogP) is 4.40. The third-order valence-corrected chi connectivity index (χ3v) is 2.91. The van der Waals surface area contributed by atoms with Gasteiger partial charge in [0.25, 0.3) is 0 Å². The lowest BCUT2D eigenvalue weighted by Gasteiger charge is -2.17. The maximum absolute atomic E-state index is 6.09. The number of halogens is 1. The van der Waals surface area contributed by atoms with Gasteiger partial charge in [-0.15, -0.1) is 0 Å². The summed E-state index contributed by atoms with van der Waals surface area (Å²) in [5, 5.41) is 0.491. The van der Waals surface area contributed by atoms with Gasteiger partial charge in [0.05, 0.1) is 5.69 Å². The zero-order valence-electron chi connectivity index (χ0n) is 11.2.